The molecule has 1 unspecified atom stereocenters. The maximum Gasteiger partial charge on any atom is 0.0984 e. The van der Waals surface area contributed by atoms with Gasteiger partial charge in [0.15, 0.2) is 0 Å². The Morgan fingerprint density at radius 3 is 2.69 bits per heavy atom. The molecule has 0 aromatic carbocycles. The van der Waals surface area contributed by atoms with Gasteiger partial charge in [0.25, 0.3) is 0 Å². The molecule has 0 bridgehead atoms. The standard InChI is InChI=1S/C10H20N2O/c1-7(11)8-5-4-6-10(2,13-3)9(8)12/h4,6-9H,5,11-12H2,1-3H3/t7-,8+,9-,10?/m1/s1. The fraction of sp³-hybridized carbons (Fsp3) is 0.800. The highest BCUT2D eigenvalue weighted by molar-refractivity contribution is 5.13. The molecule has 0 heterocycles. The number of hydrogen-bond acceptors (Lipinski definition) is 3. The Bertz CT molecular complexity index is 203. The van der Waals surface area contributed by atoms with Crippen molar-refractivity contribution in [1.29, 1.82) is 0 Å². The molecule has 0 saturated carbocycles. The Morgan fingerprint density at radius 2 is 2.23 bits per heavy atom. The fourth-order valence-corrected chi connectivity index (χ4v) is 1.89. The van der Waals surface area contributed by atoms with E-state index in [9.17, 15) is 0 Å². The van der Waals surface area contributed by atoms with Crippen LogP contribution in [0.25, 0.3) is 0 Å². The summed E-state index contributed by atoms with van der Waals surface area (Å²) in [6.07, 6.45) is 5.11. The third-order valence-electron chi connectivity index (χ3n) is 3.10. The highest BCUT2D eigenvalue weighted by atomic mass is 16.5. The van der Waals surface area contributed by atoms with Crippen LogP contribution in [0.15, 0.2) is 12.2 Å². The topological polar surface area (TPSA) is 61.3 Å². The minimum atomic E-state index is -0.351. The van der Waals surface area contributed by atoms with Crippen LogP contribution in [0, 0.1) is 5.92 Å². The summed E-state index contributed by atoms with van der Waals surface area (Å²) in [5.41, 5.74) is 11.6. The van der Waals surface area contributed by atoms with Crippen molar-refractivity contribution in [2.75, 3.05) is 7.11 Å². The predicted molar refractivity (Wildman–Crippen MR) is 54.3 cm³/mol. The highest BCUT2D eigenvalue weighted by Crippen LogP contribution is 2.29. The molecule has 3 heteroatoms. The molecule has 0 fully saturated rings. The Balaban J connectivity index is 2.82. The van der Waals surface area contributed by atoms with E-state index in [1.807, 2.05) is 19.9 Å². The summed E-state index contributed by atoms with van der Waals surface area (Å²) in [6.45, 7) is 4.00. The van der Waals surface area contributed by atoms with Crippen LogP contribution in [0.3, 0.4) is 0 Å². The molecule has 76 valence electrons. The van der Waals surface area contributed by atoms with Gasteiger partial charge in [-0.15, -0.1) is 0 Å². The van der Waals surface area contributed by atoms with Crippen LogP contribution in [0.5, 0.6) is 0 Å². The third kappa shape index (κ3) is 1.93. The molecular formula is C10H20N2O. The summed E-state index contributed by atoms with van der Waals surface area (Å²) in [5, 5.41) is 0. The van der Waals surface area contributed by atoms with E-state index in [1.165, 1.54) is 0 Å². The summed E-state index contributed by atoms with van der Waals surface area (Å²) in [4.78, 5) is 0. The molecule has 4 N–H and O–H groups in total. The van der Waals surface area contributed by atoms with Gasteiger partial charge < -0.3 is 16.2 Å². The summed E-state index contributed by atoms with van der Waals surface area (Å²) in [5.74, 6) is 0.315. The second-order valence-corrected chi connectivity index (χ2v) is 4.07. The summed E-state index contributed by atoms with van der Waals surface area (Å²) in [7, 11) is 1.69. The van der Waals surface area contributed by atoms with Crippen LogP contribution in [-0.4, -0.2) is 24.8 Å². The molecule has 0 amide bonds. The van der Waals surface area contributed by atoms with Crippen LogP contribution in [0.4, 0.5) is 0 Å². The monoisotopic (exact) mass is 184 g/mol. The molecule has 0 saturated heterocycles. The number of methoxy groups -OCH3 is 1. The van der Waals surface area contributed by atoms with E-state index in [0.29, 0.717) is 5.92 Å². The van der Waals surface area contributed by atoms with Crippen molar-refractivity contribution in [2.45, 2.75) is 38.0 Å². The highest BCUT2D eigenvalue weighted by Gasteiger charge is 2.38. The molecule has 1 aliphatic carbocycles. The van der Waals surface area contributed by atoms with Crippen LogP contribution >= 0.6 is 0 Å². The van der Waals surface area contributed by atoms with Gasteiger partial charge in [0.05, 0.1) is 5.60 Å². The predicted octanol–water partition coefficient (Wildman–Crippen LogP) is 0.642. The number of ether oxygens (including phenoxy) is 1. The minimum Gasteiger partial charge on any atom is -0.373 e. The maximum atomic E-state index is 6.11. The van der Waals surface area contributed by atoms with E-state index in [1.54, 1.807) is 7.11 Å². The van der Waals surface area contributed by atoms with Crippen molar-refractivity contribution in [1.82, 2.24) is 0 Å². The molecule has 0 aliphatic heterocycles. The minimum absolute atomic E-state index is 0.0116. The Kier molecular flexibility index (Phi) is 3.11. The Hall–Kier alpha value is -0.380. The average molecular weight is 184 g/mol. The maximum absolute atomic E-state index is 6.11. The van der Waals surface area contributed by atoms with Gasteiger partial charge >= 0.3 is 0 Å². The molecule has 0 aromatic rings. The van der Waals surface area contributed by atoms with Crippen LogP contribution in [0.1, 0.15) is 20.3 Å². The first-order valence-corrected chi connectivity index (χ1v) is 4.75. The Labute approximate surface area is 80.1 Å². The second-order valence-electron chi connectivity index (χ2n) is 4.07. The van der Waals surface area contributed by atoms with E-state index in [4.69, 9.17) is 16.2 Å². The number of allylic oxidation sites excluding steroid dienone is 1. The van der Waals surface area contributed by atoms with Crippen LogP contribution < -0.4 is 11.5 Å². The quantitative estimate of drug-likeness (QED) is 0.619. The van der Waals surface area contributed by atoms with E-state index in [-0.39, 0.29) is 17.7 Å². The van der Waals surface area contributed by atoms with E-state index < -0.39 is 0 Å². The van der Waals surface area contributed by atoms with Crippen molar-refractivity contribution in [3.63, 3.8) is 0 Å². The summed E-state index contributed by atoms with van der Waals surface area (Å²) >= 11 is 0. The van der Waals surface area contributed by atoms with E-state index in [2.05, 4.69) is 6.08 Å². The third-order valence-corrected chi connectivity index (χ3v) is 3.10. The zero-order valence-electron chi connectivity index (χ0n) is 8.66. The first-order valence-electron chi connectivity index (χ1n) is 4.75. The average Bonchev–Trinajstić information content (AvgIpc) is 2.09. The summed E-state index contributed by atoms with van der Waals surface area (Å²) in [6, 6.07) is 0.108. The lowest BCUT2D eigenvalue weighted by molar-refractivity contribution is 0.000709. The molecule has 13 heavy (non-hydrogen) atoms. The molecular weight excluding hydrogens is 164 g/mol. The number of rotatable bonds is 2. The molecule has 0 spiro atoms. The lowest BCUT2D eigenvalue weighted by Crippen LogP contribution is -2.56. The lowest BCUT2D eigenvalue weighted by atomic mass is 9.76. The fourth-order valence-electron chi connectivity index (χ4n) is 1.89. The van der Waals surface area contributed by atoms with E-state index in [0.717, 1.165) is 6.42 Å². The first kappa shape index (κ1) is 10.7. The largest absolute Gasteiger partial charge is 0.373 e. The van der Waals surface area contributed by atoms with E-state index >= 15 is 0 Å². The number of hydrogen-bond donors (Lipinski definition) is 2. The van der Waals surface area contributed by atoms with Gasteiger partial charge in [-0.2, -0.15) is 0 Å². The van der Waals surface area contributed by atoms with Crippen molar-refractivity contribution < 1.29 is 4.74 Å². The van der Waals surface area contributed by atoms with Gasteiger partial charge in [-0.25, -0.2) is 0 Å². The smallest absolute Gasteiger partial charge is 0.0984 e. The SMILES string of the molecule is COC1(C)C=CC[C@@H]([C@@H](C)N)[C@H]1N. The van der Waals surface area contributed by atoms with Crippen molar-refractivity contribution in [3.8, 4) is 0 Å². The van der Waals surface area contributed by atoms with Crippen molar-refractivity contribution in [2.24, 2.45) is 17.4 Å². The van der Waals surface area contributed by atoms with Crippen LogP contribution in [-0.2, 0) is 4.74 Å². The normalized spacial score (nSPS) is 41.9. The molecule has 0 radical (unpaired) electrons. The van der Waals surface area contributed by atoms with Gasteiger partial charge in [0.1, 0.15) is 0 Å². The lowest BCUT2D eigenvalue weighted by Gasteiger charge is -2.41. The molecule has 1 rings (SSSR count). The van der Waals surface area contributed by atoms with Crippen molar-refractivity contribution >= 4 is 0 Å². The van der Waals surface area contributed by atoms with Gasteiger partial charge in [0.2, 0.25) is 0 Å². The summed E-state index contributed by atoms with van der Waals surface area (Å²) < 4.78 is 5.40. The van der Waals surface area contributed by atoms with Gasteiger partial charge in [-0.05, 0) is 26.2 Å². The molecule has 4 atom stereocenters. The van der Waals surface area contributed by atoms with Crippen LogP contribution in [0.2, 0.25) is 0 Å². The van der Waals surface area contributed by atoms with Gasteiger partial charge in [-0.3, -0.25) is 0 Å². The molecule has 3 nitrogen and oxygen atoms in total. The van der Waals surface area contributed by atoms with Gasteiger partial charge in [0, 0.05) is 19.2 Å². The molecule has 0 aromatic heterocycles. The Morgan fingerprint density at radius 1 is 1.62 bits per heavy atom. The molecule has 1 aliphatic rings. The van der Waals surface area contributed by atoms with Crippen molar-refractivity contribution in [3.05, 3.63) is 12.2 Å². The van der Waals surface area contributed by atoms with Gasteiger partial charge in [-0.1, -0.05) is 12.2 Å². The zero-order valence-corrected chi connectivity index (χ0v) is 8.66. The zero-order chi connectivity index (χ0) is 10.1. The number of nitrogens with two attached hydrogens (primary N) is 2. The first-order chi connectivity index (χ1) is 6.01. The second kappa shape index (κ2) is 3.78.